The highest BCUT2D eigenvalue weighted by atomic mass is 32.1. The fourth-order valence-corrected chi connectivity index (χ4v) is 5.35. The van der Waals surface area contributed by atoms with Crippen LogP contribution in [0.25, 0.3) is 21.3 Å². The maximum absolute atomic E-state index is 12.9. The van der Waals surface area contributed by atoms with Crippen LogP contribution in [-0.4, -0.2) is 70.2 Å². The lowest BCUT2D eigenvalue weighted by molar-refractivity contribution is -0.121. The Bertz CT molecular complexity index is 1040. The lowest BCUT2D eigenvalue weighted by Crippen LogP contribution is -2.48. The van der Waals surface area contributed by atoms with Gasteiger partial charge in [0.1, 0.15) is 0 Å². The third kappa shape index (κ3) is 4.61. The zero-order valence-electron chi connectivity index (χ0n) is 17.8. The summed E-state index contributed by atoms with van der Waals surface area (Å²) < 4.78 is 0. The van der Waals surface area contributed by atoms with E-state index >= 15 is 0 Å². The predicted molar refractivity (Wildman–Crippen MR) is 124 cm³/mol. The minimum absolute atomic E-state index is 0.0449. The minimum Gasteiger partial charge on any atom is -0.309 e. The number of carbonyl (C=O) groups is 1. The van der Waals surface area contributed by atoms with Gasteiger partial charge in [-0.2, -0.15) is 0 Å². The summed E-state index contributed by atoms with van der Waals surface area (Å²) in [5.41, 5.74) is 3.74. The standard InChI is InChI=1S/C23H28N6OS/c1-28-8-6-19(7-9-28)29-10-4-16(5-11-29)23(30)25-22-13-18-12-17(21-14-24-15-31-21)2-3-20(18)26-27-22/h2-3,12-16,19H,4-11H2,1H3,(H,25,27,30). The summed E-state index contributed by atoms with van der Waals surface area (Å²) in [4.78, 5) is 23.1. The van der Waals surface area contributed by atoms with Crippen LogP contribution in [0.4, 0.5) is 5.82 Å². The van der Waals surface area contributed by atoms with Gasteiger partial charge in [-0.3, -0.25) is 9.78 Å². The summed E-state index contributed by atoms with van der Waals surface area (Å²) in [6, 6.07) is 8.66. The number of aromatic nitrogens is 3. The highest BCUT2D eigenvalue weighted by Gasteiger charge is 2.30. The van der Waals surface area contributed by atoms with Crippen LogP contribution in [0.2, 0.25) is 0 Å². The predicted octanol–water partition coefficient (Wildman–Crippen LogP) is 3.50. The topological polar surface area (TPSA) is 74.2 Å². The number of carbonyl (C=O) groups excluding carboxylic acids is 1. The molecule has 162 valence electrons. The largest absolute Gasteiger partial charge is 0.309 e. The number of amides is 1. The van der Waals surface area contributed by atoms with E-state index in [2.05, 4.69) is 43.4 Å². The van der Waals surface area contributed by atoms with Gasteiger partial charge in [0, 0.05) is 23.5 Å². The van der Waals surface area contributed by atoms with Crippen molar-refractivity contribution >= 4 is 34.0 Å². The quantitative estimate of drug-likeness (QED) is 0.675. The number of hydrogen-bond donors (Lipinski definition) is 1. The number of benzene rings is 1. The fraction of sp³-hybridized carbons (Fsp3) is 0.478. The van der Waals surface area contributed by atoms with Crippen molar-refractivity contribution in [2.45, 2.75) is 31.7 Å². The summed E-state index contributed by atoms with van der Waals surface area (Å²) in [6.45, 7) is 4.37. The molecule has 1 N–H and O–H groups in total. The first-order chi connectivity index (χ1) is 15.2. The molecule has 4 heterocycles. The molecule has 0 radical (unpaired) electrons. The van der Waals surface area contributed by atoms with Crippen LogP contribution in [0.15, 0.2) is 36.0 Å². The number of rotatable bonds is 4. The molecule has 0 atom stereocenters. The van der Waals surface area contributed by atoms with Crippen molar-refractivity contribution in [3.05, 3.63) is 36.0 Å². The van der Waals surface area contributed by atoms with Crippen molar-refractivity contribution in [1.82, 2.24) is 25.0 Å². The lowest BCUT2D eigenvalue weighted by Gasteiger charge is -2.40. The average molecular weight is 437 g/mol. The van der Waals surface area contributed by atoms with E-state index in [4.69, 9.17) is 0 Å². The highest BCUT2D eigenvalue weighted by Crippen LogP contribution is 2.28. The molecule has 1 amide bonds. The Labute approximate surface area is 186 Å². The van der Waals surface area contributed by atoms with Crippen LogP contribution in [-0.2, 0) is 4.79 Å². The Morgan fingerprint density at radius 3 is 2.61 bits per heavy atom. The number of likely N-dealkylation sites (tertiary alicyclic amines) is 2. The van der Waals surface area contributed by atoms with Gasteiger partial charge in [-0.1, -0.05) is 6.07 Å². The molecule has 2 aliphatic heterocycles. The Balaban J connectivity index is 1.21. The van der Waals surface area contributed by atoms with Gasteiger partial charge in [0.05, 0.1) is 15.9 Å². The monoisotopic (exact) mass is 436 g/mol. The molecule has 0 aliphatic carbocycles. The summed E-state index contributed by atoms with van der Waals surface area (Å²) in [7, 11) is 2.20. The highest BCUT2D eigenvalue weighted by molar-refractivity contribution is 7.13. The molecule has 0 bridgehead atoms. The molecule has 8 heteroatoms. The first kappa shape index (κ1) is 20.5. The minimum atomic E-state index is 0.0449. The van der Waals surface area contributed by atoms with Crippen molar-refractivity contribution in [3.8, 4) is 10.4 Å². The smallest absolute Gasteiger partial charge is 0.228 e. The number of piperidine rings is 2. The molecule has 1 aromatic carbocycles. The van der Waals surface area contributed by atoms with Crippen molar-refractivity contribution in [2.24, 2.45) is 5.92 Å². The molecular weight excluding hydrogens is 408 g/mol. The van der Waals surface area contributed by atoms with Crippen LogP contribution < -0.4 is 5.32 Å². The summed E-state index contributed by atoms with van der Waals surface area (Å²) in [6.07, 6.45) is 6.16. The average Bonchev–Trinajstić information content (AvgIpc) is 3.34. The van der Waals surface area contributed by atoms with Crippen LogP contribution in [0.3, 0.4) is 0 Å². The van der Waals surface area contributed by atoms with E-state index in [1.165, 1.54) is 25.9 Å². The van der Waals surface area contributed by atoms with Gasteiger partial charge in [-0.05, 0) is 82.7 Å². The molecule has 2 aromatic heterocycles. The van der Waals surface area contributed by atoms with Crippen molar-refractivity contribution < 1.29 is 4.79 Å². The Kier molecular flexibility index (Phi) is 5.93. The van der Waals surface area contributed by atoms with Gasteiger partial charge >= 0.3 is 0 Å². The molecule has 2 fully saturated rings. The van der Waals surface area contributed by atoms with Crippen molar-refractivity contribution in [3.63, 3.8) is 0 Å². The SMILES string of the molecule is CN1CCC(N2CCC(C(=O)Nc3cc4cc(-c5cncs5)ccc4nn3)CC2)CC1. The summed E-state index contributed by atoms with van der Waals surface area (Å²) in [5.74, 6) is 0.635. The van der Waals surface area contributed by atoms with Crippen LogP contribution in [0.5, 0.6) is 0 Å². The number of anilines is 1. The molecule has 7 nitrogen and oxygen atoms in total. The first-order valence-electron chi connectivity index (χ1n) is 11.1. The first-order valence-corrected chi connectivity index (χ1v) is 11.9. The van der Waals surface area contributed by atoms with Gasteiger partial charge in [0.15, 0.2) is 5.82 Å². The van der Waals surface area contributed by atoms with Gasteiger partial charge in [-0.15, -0.1) is 21.5 Å². The molecule has 5 rings (SSSR count). The molecule has 2 aliphatic rings. The van der Waals surface area contributed by atoms with E-state index in [0.29, 0.717) is 11.9 Å². The number of hydrogen-bond acceptors (Lipinski definition) is 7. The van der Waals surface area contributed by atoms with E-state index in [0.717, 1.165) is 47.3 Å². The number of thiazole rings is 1. The van der Waals surface area contributed by atoms with Gasteiger partial charge in [0.25, 0.3) is 0 Å². The van der Waals surface area contributed by atoms with Gasteiger partial charge in [-0.25, -0.2) is 0 Å². The molecule has 0 saturated carbocycles. The number of fused-ring (bicyclic) bond motifs is 1. The van der Waals surface area contributed by atoms with E-state index in [1.54, 1.807) is 11.3 Å². The van der Waals surface area contributed by atoms with E-state index in [1.807, 2.05) is 29.9 Å². The summed E-state index contributed by atoms with van der Waals surface area (Å²) in [5, 5.41) is 12.5. The zero-order valence-corrected chi connectivity index (χ0v) is 18.6. The molecule has 3 aromatic rings. The lowest BCUT2D eigenvalue weighted by atomic mass is 9.93. The van der Waals surface area contributed by atoms with Gasteiger partial charge in [0.2, 0.25) is 5.91 Å². The van der Waals surface area contributed by atoms with Crippen molar-refractivity contribution in [1.29, 1.82) is 0 Å². The molecule has 2 saturated heterocycles. The van der Waals surface area contributed by atoms with Gasteiger partial charge < -0.3 is 15.1 Å². The maximum Gasteiger partial charge on any atom is 0.228 e. The van der Waals surface area contributed by atoms with E-state index in [-0.39, 0.29) is 11.8 Å². The Morgan fingerprint density at radius 1 is 1.06 bits per heavy atom. The summed E-state index contributed by atoms with van der Waals surface area (Å²) >= 11 is 1.61. The Hall–Kier alpha value is -2.42. The fourth-order valence-electron chi connectivity index (χ4n) is 4.73. The third-order valence-electron chi connectivity index (χ3n) is 6.66. The third-order valence-corrected chi connectivity index (χ3v) is 7.48. The van der Waals surface area contributed by atoms with E-state index in [9.17, 15) is 4.79 Å². The number of nitrogens with one attached hydrogen (secondary N) is 1. The maximum atomic E-state index is 12.9. The Morgan fingerprint density at radius 2 is 1.87 bits per heavy atom. The normalized spacial score (nSPS) is 19.6. The molecular formula is C23H28N6OS. The van der Waals surface area contributed by atoms with Crippen LogP contribution in [0.1, 0.15) is 25.7 Å². The second-order valence-corrected chi connectivity index (χ2v) is 9.59. The number of nitrogens with zero attached hydrogens (tertiary/aromatic N) is 5. The molecule has 0 spiro atoms. The van der Waals surface area contributed by atoms with Crippen LogP contribution >= 0.6 is 11.3 Å². The van der Waals surface area contributed by atoms with Crippen LogP contribution in [0, 0.1) is 5.92 Å². The molecule has 0 unspecified atom stereocenters. The van der Waals surface area contributed by atoms with Crippen molar-refractivity contribution in [2.75, 3.05) is 38.5 Å². The van der Waals surface area contributed by atoms with E-state index < -0.39 is 0 Å². The second kappa shape index (κ2) is 8.98. The second-order valence-electron chi connectivity index (χ2n) is 8.70. The molecule has 31 heavy (non-hydrogen) atoms. The zero-order chi connectivity index (χ0) is 21.2.